The van der Waals surface area contributed by atoms with E-state index in [0.29, 0.717) is 6.04 Å². The van der Waals surface area contributed by atoms with Gasteiger partial charge in [-0.15, -0.1) is 0 Å². The van der Waals surface area contributed by atoms with Crippen LogP contribution < -0.4 is 10.6 Å². The van der Waals surface area contributed by atoms with Crippen LogP contribution in [0.15, 0.2) is 29.3 Å². The first-order chi connectivity index (χ1) is 10.2. The molecule has 0 amide bonds. The molecule has 0 spiro atoms. The monoisotopic (exact) mass is 286 g/mol. The minimum atomic E-state index is 0.436. The number of para-hydroxylation sites is 1. The average Bonchev–Trinajstić information content (AvgIpc) is 2.82. The van der Waals surface area contributed by atoms with Crippen molar-refractivity contribution < 1.29 is 0 Å². The minimum absolute atomic E-state index is 0.436. The maximum atomic E-state index is 4.27. The smallest absolute Gasteiger partial charge is 0.191 e. The van der Waals surface area contributed by atoms with E-state index < -0.39 is 0 Å². The van der Waals surface area contributed by atoms with E-state index >= 15 is 0 Å². The van der Waals surface area contributed by atoms with Crippen LogP contribution in [0.3, 0.4) is 0 Å². The van der Waals surface area contributed by atoms with E-state index in [1.165, 1.54) is 22.2 Å². The lowest BCUT2D eigenvalue weighted by molar-refractivity contribution is 0.624. The molecule has 0 saturated heterocycles. The van der Waals surface area contributed by atoms with Crippen molar-refractivity contribution in [3.05, 3.63) is 35.5 Å². The molecule has 1 aromatic heterocycles. The number of aryl methyl sites for hydroxylation is 1. The molecular formula is C17H26N4. The van der Waals surface area contributed by atoms with Gasteiger partial charge in [0.1, 0.15) is 0 Å². The highest BCUT2D eigenvalue weighted by Gasteiger charge is 2.08. The number of rotatable bonds is 5. The van der Waals surface area contributed by atoms with Gasteiger partial charge in [-0.3, -0.25) is 4.99 Å². The third kappa shape index (κ3) is 3.78. The van der Waals surface area contributed by atoms with Gasteiger partial charge in [0.2, 0.25) is 0 Å². The molecule has 4 heteroatoms. The first-order valence-electron chi connectivity index (χ1n) is 7.69. The summed E-state index contributed by atoms with van der Waals surface area (Å²) in [5, 5.41) is 8.09. The number of nitrogens with one attached hydrogen (secondary N) is 3. The average molecular weight is 286 g/mol. The molecule has 3 N–H and O–H groups in total. The van der Waals surface area contributed by atoms with Crippen LogP contribution in [0.25, 0.3) is 10.9 Å². The quantitative estimate of drug-likeness (QED) is 0.584. The fraction of sp³-hybridized carbons (Fsp3) is 0.471. The number of nitrogens with zero attached hydrogens (tertiary/aromatic N) is 1. The summed E-state index contributed by atoms with van der Waals surface area (Å²) in [7, 11) is 1.81. The van der Waals surface area contributed by atoms with Crippen LogP contribution in [0.4, 0.5) is 0 Å². The molecule has 1 aromatic carbocycles. The van der Waals surface area contributed by atoms with Crippen molar-refractivity contribution in [2.24, 2.45) is 4.99 Å². The normalized spacial score (nSPS) is 13.4. The summed E-state index contributed by atoms with van der Waals surface area (Å²) < 4.78 is 0. The molecule has 4 nitrogen and oxygen atoms in total. The molecule has 0 bridgehead atoms. The van der Waals surface area contributed by atoms with Gasteiger partial charge in [-0.2, -0.15) is 0 Å². The molecule has 114 valence electrons. The highest BCUT2D eigenvalue weighted by molar-refractivity contribution is 5.84. The molecule has 0 aliphatic carbocycles. The summed E-state index contributed by atoms with van der Waals surface area (Å²) in [6.07, 6.45) is 2.07. The summed E-state index contributed by atoms with van der Waals surface area (Å²) in [4.78, 5) is 7.71. The van der Waals surface area contributed by atoms with Crippen LogP contribution in [0.2, 0.25) is 0 Å². The Kier molecular flexibility index (Phi) is 5.26. The Labute approximate surface area is 127 Å². The van der Waals surface area contributed by atoms with Crippen molar-refractivity contribution >= 4 is 16.9 Å². The predicted octanol–water partition coefficient (Wildman–Crippen LogP) is 2.98. The largest absolute Gasteiger partial charge is 0.358 e. The van der Waals surface area contributed by atoms with E-state index in [-0.39, 0.29) is 0 Å². The van der Waals surface area contributed by atoms with Crippen molar-refractivity contribution in [3.63, 3.8) is 0 Å². The van der Waals surface area contributed by atoms with Crippen molar-refractivity contribution in [2.45, 2.75) is 39.7 Å². The number of H-pyrrole nitrogens is 1. The minimum Gasteiger partial charge on any atom is -0.358 e. The van der Waals surface area contributed by atoms with Gasteiger partial charge in [-0.05, 0) is 38.3 Å². The number of hydrogen-bond acceptors (Lipinski definition) is 1. The van der Waals surface area contributed by atoms with Gasteiger partial charge < -0.3 is 15.6 Å². The Hall–Kier alpha value is -1.97. The fourth-order valence-electron chi connectivity index (χ4n) is 2.49. The van der Waals surface area contributed by atoms with Crippen LogP contribution in [-0.4, -0.2) is 30.6 Å². The van der Waals surface area contributed by atoms with Crippen molar-refractivity contribution in [3.8, 4) is 0 Å². The summed E-state index contributed by atoms with van der Waals surface area (Å²) >= 11 is 0. The van der Waals surface area contributed by atoms with Gasteiger partial charge >= 0.3 is 0 Å². The van der Waals surface area contributed by atoms with E-state index in [0.717, 1.165) is 25.3 Å². The lowest BCUT2D eigenvalue weighted by atomic mass is 10.1. The summed E-state index contributed by atoms with van der Waals surface area (Å²) in [6, 6.07) is 8.91. The van der Waals surface area contributed by atoms with Gasteiger partial charge in [0.25, 0.3) is 0 Å². The second-order valence-corrected chi connectivity index (χ2v) is 5.48. The number of aromatic amines is 1. The number of aromatic nitrogens is 1. The highest BCUT2D eigenvalue weighted by atomic mass is 15.2. The van der Waals surface area contributed by atoms with Gasteiger partial charge in [-0.25, -0.2) is 0 Å². The molecule has 2 aromatic rings. The molecule has 2 rings (SSSR count). The van der Waals surface area contributed by atoms with Gasteiger partial charge in [-0.1, -0.05) is 25.1 Å². The Morgan fingerprint density at radius 2 is 2.10 bits per heavy atom. The molecule has 0 saturated carbocycles. The topological polar surface area (TPSA) is 52.2 Å². The molecule has 21 heavy (non-hydrogen) atoms. The summed E-state index contributed by atoms with van der Waals surface area (Å²) in [5.74, 6) is 0.877. The van der Waals surface area contributed by atoms with Crippen LogP contribution in [0, 0.1) is 6.92 Å². The first kappa shape index (κ1) is 15.4. The maximum absolute atomic E-state index is 4.27. The Morgan fingerprint density at radius 3 is 2.81 bits per heavy atom. The zero-order chi connectivity index (χ0) is 15.2. The molecule has 0 aliphatic rings. The number of hydrogen-bond donors (Lipinski definition) is 3. The zero-order valence-electron chi connectivity index (χ0n) is 13.5. The molecule has 1 unspecified atom stereocenters. The summed E-state index contributed by atoms with van der Waals surface area (Å²) in [6.45, 7) is 7.34. The van der Waals surface area contributed by atoms with E-state index in [4.69, 9.17) is 0 Å². The number of aliphatic imine (C=N–C) groups is 1. The lowest BCUT2D eigenvalue weighted by Crippen LogP contribution is -2.42. The van der Waals surface area contributed by atoms with E-state index in [2.05, 4.69) is 65.6 Å². The molecule has 0 aliphatic heterocycles. The van der Waals surface area contributed by atoms with E-state index in [1.807, 2.05) is 7.05 Å². The van der Waals surface area contributed by atoms with Crippen molar-refractivity contribution in [1.82, 2.24) is 15.6 Å². The predicted molar refractivity (Wildman–Crippen MR) is 91.0 cm³/mol. The molecule has 1 atom stereocenters. The van der Waals surface area contributed by atoms with Crippen LogP contribution in [0.5, 0.6) is 0 Å². The van der Waals surface area contributed by atoms with E-state index in [1.54, 1.807) is 0 Å². The third-order valence-electron chi connectivity index (χ3n) is 3.91. The molecule has 0 fully saturated rings. The second-order valence-electron chi connectivity index (χ2n) is 5.48. The Balaban J connectivity index is 1.97. The lowest BCUT2D eigenvalue weighted by Gasteiger charge is -2.16. The Bertz CT molecular complexity index is 612. The Morgan fingerprint density at radius 1 is 1.33 bits per heavy atom. The van der Waals surface area contributed by atoms with Gasteiger partial charge in [0.05, 0.1) is 0 Å². The third-order valence-corrected chi connectivity index (χ3v) is 3.91. The number of benzene rings is 1. The molecule has 1 heterocycles. The van der Waals surface area contributed by atoms with Gasteiger partial charge in [0, 0.05) is 36.2 Å². The second kappa shape index (κ2) is 7.16. The van der Waals surface area contributed by atoms with Gasteiger partial charge in [0.15, 0.2) is 5.96 Å². The number of guanidine groups is 1. The zero-order valence-corrected chi connectivity index (χ0v) is 13.5. The summed E-state index contributed by atoms with van der Waals surface area (Å²) in [5.41, 5.74) is 3.85. The molecular weight excluding hydrogens is 260 g/mol. The molecule has 0 radical (unpaired) electrons. The van der Waals surface area contributed by atoms with E-state index in [9.17, 15) is 0 Å². The SMILES string of the molecule is CCC(C)NC(=NC)NCCc1c(C)[nH]c2ccccc12. The van der Waals surface area contributed by atoms with Crippen LogP contribution in [-0.2, 0) is 6.42 Å². The van der Waals surface area contributed by atoms with Crippen molar-refractivity contribution in [2.75, 3.05) is 13.6 Å². The van der Waals surface area contributed by atoms with Crippen LogP contribution >= 0.6 is 0 Å². The standard InChI is InChI=1S/C17H26N4/c1-5-12(2)20-17(18-4)19-11-10-14-13(3)21-16-9-7-6-8-15(14)16/h6-9,12,21H,5,10-11H2,1-4H3,(H2,18,19,20). The van der Waals surface area contributed by atoms with Crippen molar-refractivity contribution in [1.29, 1.82) is 0 Å². The maximum Gasteiger partial charge on any atom is 0.191 e. The van der Waals surface area contributed by atoms with Crippen LogP contribution in [0.1, 0.15) is 31.5 Å². The highest BCUT2D eigenvalue weighted by Crippen LogP contribution is 2.21. The number of fused-ring (bicyclic) bond motifs is 1. The first-order valence-corrected chi connectivity index (χ1v) is 7.69. The fourth-order valence-corrected chi connectivity index (χ4v) is 2.49.